The maximum absolute atomic E-state index is 12.2. The van der Waals surface area contributed by atoms with Crippen LogP contribution in [0.15, 0.2) is 30.7 Å². The standard InChI is InChI=1S/C19H24N6O/c1-3-4-10-25(19-15-6-9-21-18(15)22-13-23-19)16-12-24(11-7-14(16)2)17(26)5-8-20/h3-4,6,9,13-14,16H,5,7,10-12H2,1-2H3,(H,21,22,23)/t14-,16?/m1/s1. The number of allylic oxidation sites excluding steroid dienone is 1. The fraction of sp³-hybridized carbons (Fsp3) is 0.474. The van der Waals surface area contributed by atoms with E-state index in [9.17, 15) is 4.79 Å². The second-order valence-corrected chi connectivity index (χ2v) is 6.67. The number of aromatic nitrogens is 3. The van der Waals surface area contributed by atoms with Gasteiger partial charge in [-0.15, -0.1) is 0 Å². The molecule has 3 heterocycles. The highest BCUT2D eigenvalue weighted by molar-refractivity contribution is 5.87. The van der Waals surface area contributed by atoms with E-state index in [4.69, 9.17) is 5.26 Å². The number of likely N-dealkylation sites (tertiary alicyclic amines) is 1. The zero-order chi connectivity index (χ0) is 18.5. The average molecular weight is 352 g/mol. The predicted molar refractivity (Wildman–Crippen MR) is 100 cm³/mol. The van der Waals surface area contributed by atoms with Gasteiger partial charge in [-0.05, 0) is 25.3 Å². The van der Waals surface area contributed by atoms with Crippen LogP contribution in [0.3, 0.4) is 0 Å². The lowest BCUT2D eigenvalue weighted by Crippen LogP contribution is -2.54. The Labute approximate surface area is 153 Å². The third-order valence-electron chi connectivity index (χ3n) is 5.04. The molecule has 1 aliphatic rings. The molecule has 0 radical (unpaired) electrons. The van der Waals surface area contributed by atoms with Crippen LogP contribution < -0.4 is 4.90 Å². The predicted octanol–water partition coefficient (Wildman–Crippen LogP) is 2.49. The Bertz CT molecular complexity index is 836. The third kappa shape index (κ3) is 3.54. The lowest BCUT2D eigenvalue weighted by molar-refractivity contribution is -0.131. The van der Waals surface area contributed by atoms with Crippen LogP contribution in [0.1, 0.15) is 26.7 Å². The number of amides is 1. The van der Waals surface area contributed by atoms with E-state index in [0.29, 0.717) is 25.6 Å². The quantitative estimate of drug-likeness (QED) is 0.835. The first-order valence-corrected chi connectivity index (χ1v) is 8.96. The van der Waals surface area contributed by atoms with E-state index in [1.165, 1.54) is 0 Å². The average Bonchev–Trinajstić information content (AvgIpc) is 3.13. The van der Waals surface area contributed by atoms with Crippen molar-refractivity contribution >= 4 is 22.8 Å². The topological polar surface area (TPSA) is 88.9 Å². The van der Waals surface area contributed by atoms with E-state index in [2.05, 4.69) is 32.9 Å². The van der Waals surface area contributed by atoms with Crippen LogP contribution >= 0.6 is 0 Å². The summed E-state index contributed by atoms with van der Waals surface area (Å²) in [6, 6.07) is 4.09. The zero-order valence-corrected chi connectivity index (χ0v) is 15.2. The van der Waals surface area contributed by atoms with Gasteiger partial charge in [-0.2, -0.15) is 5.26 Å². The van der Waals surface area contributed by atoms with Crippen molar-refractivity contribution in [1.82, 2.24) is 19.9 Å². The summed E-state index contributed by atoms with van der Waals surface area (Å²) in [6.07, 6.45) is 8.41. The second-order valence-electron chi connectivity index (χ2n) is 6.67. The molecule has 0 bridgehead atoms. The number of aromatic amines is 1. The molecule has 0 spiro atoms. The summed E-state index contributed by atoms with van der Waals surface area (Å²) in [4.78, 5) is 28.3. The summed E-state index contributed by atoms with van der Waals surface area (Å²) >= 11 is 0. The van der Waals surface area contributed by atoms with E-state index in [1.54, 1.807) is 6.33 Å². The lowest BCUT2D eigenvalue weighted by atomic mass is 9.91. The SMILES string of the molecule is CC=CCN(c1ncnc2[nH]ccc12)C1CN(C(=O)CC#N)CC[C@H]1C. The van der Waals surface area contributed by atoms with Crippen molar-refractivity contribution in [3.8, 4) is 6.07 Å². The van der Waals surface area contributed by atoms with E-state index in [1.807, 2.05) is 36.2 Å². The normalized spacial score (nSPS) is 20.4. The van der Waals surface area contributed by atoms with Gasteiger partial charge < -0.3 is 14.8 Å². The molecule has 1 saturated heterocycles. The highest BCUT2D eigenvalue weighted by Gasteiger charge is 2.33. The number of hydrogen-bond acceptors (Lipinski definition) is 5. The molecule has 0 aromatic carbocycles. The summed E-state index contributed by atoms with van der Waals surface area (Å²) in [5, 5.41) is 9.82. The molecule has 1 N–H and O–H groups in total. The fourth-order valence-corrected chi connectivity index (χ4v) is 3.55. The van der Waals surface area contributed by atoms with Gasteiger partial charge in [-0.25, -0.2) is 9.97 Å². The maximum atomic E-state index is 12.2. The molecule has 3 rings (SSSR count). The number of rotatable bonds is 5. The highest BCUT2D eigenvalue weighted by Crippen LogP contribution is 2.30. The smallest absolute Gasteiger partial charge is 0.236 e. The number of piperidine rings is 1. The zero-order valence-electron chi connectivity index (χ0n) is 15.2. The number of nitrogens with zero attached hydrogens (tertiary/aromatic N) is 5. The van der Waals surface area contributed by atoms with Gasteiger partial charge >= 0.3 is 0 Å². The van der Waals surface area contributed by atoms with Gasteiger partial charge in [0.05, 0.1) is 17.5 Å². The van der Waals surface area contributed by atoms with Crippen LogP contribution in [-0.2, 0) is 4.79 Å². The molecule has 7 heteroatoms. The summed E-state index contributed by atoms with van der Waals surface area (Å²) in [5.74, 6) is 1.20. The molecule has 0 aliphatic carbocycles. The third-order valence-corrected chi connectivity index (χ3v) is 5.04. The van der Waals surface area contributed by atoms with E-state index in [0.717, 1.165) is 23.3 Å². The van der Waals surface area contributed by atoms with Crippen molar-refractivity contribution in [2.45, 2.75) is 32.7 Å². The minimum absolute atomic E-state index is 0.0640. The summed E-state index contributed by atoms with van der Waals surface area (Å²) < 4.78 is 0. The van der Waals surface area contributed by atoms with Crippen LogP contribution in [0.5, 0.6) is 0 Å². The van der Waals surface area contributed by atoms with Crippen molar-refractivity contribution in [2.75, 3.05) is 24.5 Å². The first-order chi connectivity index (χ1) is 12.7. The summed E-state index contributed by atoms with van der Waals surface area (Å²) in [5.41, 5.74) is 0.807. The molecule has 2 aromatic heterocycles. The number of carbonyl (C=O) groups is 1. The first-order valence-electron chi connectivity index (χ1n) is 8.96. The molecule has 0 saturated carbocycles. The molecular weight excluding hydrogens is 328 g/mol. The highest BCUT2D eigenvalue weighted by atomic mass is 16.2. The van der Waals surface area contributed by atoms with Gasteiger partial charge in [-0.1, -0.05) is 19.1 Å². The molecule has 2 aromatic rings. The van der Waals surface area contributed by atoms with Crippen LogP contribution in [0.25, 0.3) is 11.0 Å². The molecular formula is C19H24N6O. The van der Waals surface area contributed by atoms with Gasteiger partial charge in [0.1, 0.15) is 24.2 Å². The van der Waals surface area contributed by atoms with Crippen molar-refractivity contribution in [3.63, 3.8) is 0 Å². The fourth-order valence-electron chi connectivity index (χ4n) is 3.55. The number of carbonyl (C=O) groups excluding carboxylic acids is 1. The second kappa shape index (κ2) is 8.00. The Morgan fingerprint density at radius 1 is 1.54 bits per heavy atom. The minimum Gasteiger partial charge on any atom is -0.347 e. The van der Waals surface area contributed by atoms with Crippen molar-refractivity contribution in [2.24, 2.45) is 5.92 Å². The van der Waals surface area contributed by atoms with Gasteiger partial charge in [0.25, 0.3) is 0 Å². The number of H-pyrrole nitrogens is 1. The van der Waals surface area contributed by atoms with Gasteiger partial charge in [0.15, 0.2) is 0 Å². The monoisotopic (exact) mass is 352 g/mol. The van der Waals surface area contributed by atoms with Crippen molar-refractivity contribution in [1.29, 1.82) is 5.26 Å². The minimum atomic E-state index is -0.0927. The molecule has 1 unspecified atom stereocenters. The van der Waals surface area contributed by atoms with Crippen LogP contribution in [-0.4, -0.2) is 51.4 Å². The van der Waals surface area contributed by atoms with E-state index >= 15 is 0 Å². The molecule has 7 nitrogen and oxygen atoms in total. The van der Waals surface area contributed by atoms with Gasteiger partial charge in [0, 0.05) is 25.8 Å². The number of anilines is 1. The molecule has 2 atom stereocenters. The number of nitrogens with one attached hydrogen (secondary N) is 1. The Morgan fingerprint density at radius 2 is 2.38 bits per heavy atom. The summed E-state index contributed by atoms with van der Waals surface area (Å²) in [7, 11) is 0. The Balaban J connectivity index is 1.94. The Hall–Kier alpha value is -2.88. The van der Waals surface area contributed by atoms with Crippen LogP contribution in [0, 0.1) is 17.2 Å². The lowest BCUT2D eigenvalue weighted by Gasteiger charge is -2.43. The number of hydrogen-bond donors (Lipinski definition) is 1. The van der Waals surface area contributed by atoms with Gasteiger partial charge in [0.2, 0.25) is 5.91 Å². The maximum Gasteiger partial charge on any atom is 0.236 e. The molecule has 1 aliphatic heterocycles. The van der Waals surface area contributed by atoms with Crippen LogP contribution in [0.4, 0.5) is 5.82 Å². The van der Waals surface area contributed by atoms with Crippen LogP contribution in [0.2, 0.25) is 0 Å². The molecule has 136 valence electrons. The number of fused-ring (bicyclic) bond motifs is 1. The Kier molecular flexibility index (Phi) is 5.52. The molecule has 1 amide bonds. The molecule has 1 fully saturated rings. The van der Waals surface area contributed by atoms with Crippen molar-refractivity contribution < 1.29 is 4.79 Å². The summed E-state index contributed by atoms with van der Waals surface area (Å²) in [6.45, 7) is 6.24. The Morgan fingerprint density at radius 3 is 3.15 bits per heavy atom. The largest absolute Gasteiger partial charge is 0.347 e. The molecule has 26 heavy (non-hydrogen) atoms. The number of nitriles is 1. The van der Waals surface area contributed by atoms with E-state index in [-0.39, 0.29) is 18.4 Å². The van der Waals surface area contributed by atoms with E-state index < -0.39 is 0 Å². The first kappa shape index (κ1) is 17.9. The van der Waals surface area contributed by atoms with Crippen molar-refractivity contribution in [3.05, 3.63) is 30.7 Å². The van der Waals surface area contributed by atoms with Gasteiger partial charge in [-0.3, -0.25) is 4.79 Å².